The van der Waals surface area contributed by atoms with Crippen molar-refractivity contribution in [3.8, 4) is 11.5 Å². The van der Waals surface area contributed by atoms with E-state index in [4.69, 9.17) is 21.1 Å². The van der Waals surface area contributed by atoms with Gasteiger partial charge in [-0.25, -0.2) is 9.40 Å². The molecule has 0 saturated carbocycles. The maximum Gasteiger partial charge on any atom is 0.274 e. The number of rotatable bonds is 4. The highest BCUT2D eigenvalue weighted by Crippen LogP contribution is 2.34. The lowest BCUT2D eigenvalue weighted by atomic mass is 9.94. The molecule has 1 aliphatic rings. The molecular weight excluding hydrogens is 371 g/mol. The van der Waals surface area contributed by atoms with Crippen LogP contribution in [0.2, 0.25) is 5.02 Å². The summed E-state index contributed by atoms with van der Waals surface area (Å²) >= 11 is 5.81. The van der Waals surface area contributed by atoms with Crippen molar-refractivity contribution in [2.75, 3.05) is 14.2 Å². The molecule has 5 nitrogen and oxygen atoms in total. The molecule has 0 fully saturated rings. The fraction of sp³-hybridized carbons (Fsp3) is 0.300. The fourth-order valence-corrected chi connectivity index (χ4v) is 3.20. The molecule has 142 valence electrons. The van der Waals surface area contributed by atoms with E-state index in [1.165, 1.54) is 23.2 Å². The van der Waals surface area contributed by atoms with Crippen molar-refractivity contribution in [3.63, 3.8) is 0 Å². The number of methoxy groups -OCH3 is 2. The molecule has 27 heavy (non-hydrogen) atoms. The minimum absolute atomic E-state index is 0.0954. The van der Waals surface area contributed by atoms with Gasteiger partial charge in [0.05, 0.1) is 30.5 Å². The number of hydrogen-bond donors (Lipinski definition) is 0. The molecule has 1 heterocycles. The largest absolute Gasteiger partial charge is 0.493 e. The van der Waals surface area contributed by atoms with Crippen molar-refractivity contribution in [2.24, 2.45) is 5.10 Å². The van der Waals surface area contributed by atoms with Gasteiger partial charge in [-0.2, -0.15) is 5.10 Å². The summed E-state index contributed by atoms with van der Waals surface area (Å²) in [6.07, 6.45) is 0.559. The van der Waals surface area contributed by atoms with E-state index in [9.17, 15) is 9.18 Å². The molecule has 0 radical (unpaired) electrons. The van der Waals surface area contributed by atoms with Gasteiger partial charge in [-0.1, -0.05) is 11.6 Å². The maximum atomic E-state index is 13.4. The summed E-state index contributed by atoms with van der Waals surface area (Å²) in [6.45, 7) is 3.85. The third kappa shape index (κ3) is 3.62. The van der Waals surface area contributed by atoms with Crippen molar-refractivity contribution >= 4 is 23.2 Å². The lowest BCUT2D eigenvalue weighted by molar-refractivity contribution is 0.0612. The smallest absolute Gasteiger partial charge is 0.274 e. The molecule has 3 rings (SSSR count). The first-order chi connectivity index (χ1) is 12.8. The summed E-state index contributed by atoms with van der Waals surface area (Å²) in [7, 11) is 3.14. The Morgan fingerprint density at radius 2 is 1.85 bits per heavy atom. The zero-order valence-corrected chi connectivity index (χ0v) is 16.3. The Balaban J connectivity index is 1.96. The van der Waals surface area contributed by atoms with Gasteiger partial charge in [-0.15, -0.1) is 0 Å². The van der Waals surface area contributed by atoms with Crippen LogP contribution in [0.5, 0.6) is 11.5 Å². The van der Waals surface area contributed by atoms with Crippen molar-refractivity contribution in [1.29, 1.82) is 0 Å². The topological polar surface area (TPSA) is 51.1 Å². The number of carbonyl (C=O) groups is 1. The Bertz CT molecular complexity index is 927. The summed E-state index contributed by atoms with van der Waals surface area (Å²) < 4.78 is 24.0. The standard InChI is InChI=1S/C20H20ClFN2O3/c1-20(2)11-16(12-6-8-17(26-3)18(10-12)27-4)23-24(20)19(25)13-5-7-15(22)14(21)9-13/h5-10H,11H2,1-4H3. The molecule has 2 aromatic carbocycles. The second-order valence-electron chi connectivity index (χ2n) is 6.85. The predicted molar refractivity (Wildman–Crippen MR) is 102 cm³/mol. The number of hydrazone groups is 1. The molecular formula is C20H20ClFN2O3. The lowest BCUT2D eigenvalue weighted by Gasteiger charge is -2.28. The molecule has 0 N–H and O–H groups in total. The Labute approximate surface area is 162 Å². The number of hydrogen-bond acceptors (Lipinski definition) is 4. The van der Waals surface area contributed by atoms with E-state index < -0.39 is 11.4 Å². The van der Waals surface area contributed by atoms with Crippen molar-refractivity contribution in [2.45, 2.75) is 25.8 Å². The summed E-state index contributed by atoms with van der Waals surface area (Å²) in [5, 5.41) is 5.86. The highest BCUT2D eigenvalue weighted by molar-refractivity contribution is 6.31. The van der Waals surface area contributed by atoms with Crippen LogP contribution in [0.1, 0.15) is 36.2 Å². The molecule has 0 saturated heterocycles. The first kappa shape index (κ1) is 19.2. The summed E-state index contributed by atoms with van der Waals surface area (Å²) in [5.74, 6) is 0.305. The number of nitrogens with zero attached hydrogens (tertiary/aromatic N) is 2. The van der Waals surface area contributed by atoms with E-state index in [1.54, 1.807) is 20.3 Å². The van der Waals surface area contributed by atoms with Gasteiger partial charge < -0.3 is 9.47 Å². The van der Waals surface area contributed by atoms with Gasteiger partial charge in [0.25, 0.3) is 5.91 Å². The van der Waals surface area contributed by atoms with Crippen molar-refractivity contribution < 1.29 is 18.7 Å². The Kier molecular flexibility index (Phi) is 5.11. The van der Waals surface area contributed by atoms with Crippen LogP contribution in [0.3, 0.4) is 0 Å². The van der Waals surface area contributed by atoms with E-state index in [-0.39, 0.29) is 16.5 Å². The van der Waals surface area contributed by atoms with E-state index in [0.29, 0.717) is 17.9 Å². The van der Waals surface area contributed by atoms with Crippen LogP contribution in [0.25, 0.3) is 0 Å². The van der Waals surface area contributed by atoms with Crippen molar-refractivity contribution in [1.82, 2.24) is 5.01 Å². The van der Waals surface area contributed by atoms with Crippen LogP contribution >= 0.6 is 11.6 Å². The minimum Gasteiger partial charge on any atom is -0.493 e. The molecule has 7 heteroatoms. The van der Waals surface area contributed by atoms with Crippen LogP contribution in [-0.4, -0.2) is 36.4 Å². The van der Waals surface area contributed by atoms with Gasteiger partial charge >= 0.3 is 0 Å². The lowest BCUT2D eigenvalue weighted by Crippen LogP contribution is -2.40. The fourth-order valence-electron chi connectivity index (χ4n) is 3.02. The van der Waals surface area contributed by atoms with Gasteiger partial charge in [0, 0.05) is 17.5 Å². The minimum atomic E-state index is -0.566. The van der Waals surface area contributed by atoms with Gasteiger partial charge in [0.2, 0.25) is 0 Å². The Morgan fingerprint density at radius 3 is 2.48 bits per heavy atom. The number of amides is 1. The Hall–Kier alpha value is -2.60. The SMILES string of the molecule is COc1ccc(C2=NN(C(=O)c3ccc(F)c(Cl)c3)C(C)(C)C2)cc1OC. The highest BCUT2D eigenvalue weighted by atomic mass is 35.5. The maximum absolute atomic E-state index is 13.4. The highest BCUT2D eigenvalue weighted by Gasteiger charge is 2.39. The summed E-state index contributed by atoms with van der Waals surface area (Å²) in [5.41, 5.74) is 1.34. The van der Waals surface area contributed by atoms with E-state index >= 15 is 0 Å². The van der Waals surface area contributed by atoms with Gasteiger partial charge in [0.15, 0.2) is 11.5 Å². The van der Waals surface area contributed by atoms with E-state index in [0.717, 1.165) is 11.3 Å². The summed E-state index contributed by atoms with van der Waals surface area (Å²) in [4.78, 5) is 12.9. The number of ether oxygens (including phenoxy) is 2. The molecule has 0 aromatic heterocycles. The average Bonchev–Trinajstić information content (AvgIpc) is 2.98. The summed E-state index contributed by atoms with van der Waals surface area (Å²) in [6, 6.07) is 9.41. The van der Waals surface area contributed by atoms with E-state index in [1.807, 2.05) is 26.0 Å². The van der Waals surface area contributed by atoms with E-state index in [2.05, 4.69) is 5.10 Å². The zero-order chi connectivity index (χ0) is 19.8. The second-order valence-corrected chi connectivity index (χ2v) is 7.26. The molecule has 0 aliphatic carbocycles. The molecule has 0 spiro atoms. The van der Waals surface area contributed by atoms with Gasteiger partial charge in [-0.05, 0) is 50.2 Å². The predicted octanol–water partition coefficient (Wildman–Crippen LogP) is 4.53. The average molecular weight is 391 g/mol. The van der Waals surface area contributed by atoms with Crippen LogP contribution in [0.15, 0.2) is 41.5 Å². The van der Waals surface area contributed by atoms with Crippen LogP contribution in [-0.2, 0) is 0 Å². The molecule has 2 aromatic rings. The number of carbonyl (C=O) groups excluding carboxylic acids is 1. The van der Waals surface area contributed by atoms with Crippen LogP contribution < -0.4 is 9.47 Å². The van der Waals surface area contributed by atoms with Crippen molar-refractivity contribution in [3.05, 3.63) is 58.4 Å². The molecule has 1 aliphatic heterocycles. The second kappa shape index (κ2) is 7.19. The number of halogens is 2. The molecule has 0 unspecified atom stereocenters. The van der Waals surface area contributed by atoms with Gasteiger partial charge in [-0.3, -0.25) is 4.79 Å². The molecule has 1 amide bonds. The third-order valence-corrected chi connectivity index (χ3v) is 4.76. The Morgan fingerprint density at radius 1 is 1.15 bits per heavy atom. The normalized spacial score (nSPS) is 15.5. The molecule has 0 bridgehead atoms. The monoisotopic (exact) mass is 390 g/mol. The number of benzene rings is 2. The third-order valence-electron chi connectivity index (χ3n) is 4.47. The van der Waals surface area contributed by atoms with Crippen LogP contribution in [0.4, 0.5) is 4.39 Å². The van der Waals surface area contributed by atoms with Gasteiger partial charge in [0.1, 0.15) is 5.82 Å². The quantitative estimate of drug-likeness (QED) is 0.770. The molecule has 0 atom stereocenters. The van der Waals surface area contributed by atoms with Crippen LogP contribution in [0, 0.1) is 5.82 Å². The first-order valence-corrected chi connectivity index (χ1v) is 8.74. The zero-order valence-electron chi connectivity index (χ0n) is 15.5. The first-order valence-electron chi connectivity index (χ1n) is 8.36.